The minimum Gasteiger partial charge on any atom is -0.495 e. The maximum Gasteiger partial charge on any atom is 0.394 e. The number of carbonyl (C=O) groups excluding carboxylic acids is 1. The first-order valence-corrected chi connectivity index (χ1v) is 18.5. The number of piperidine rings is 2. The standard InChI is InChI=1S/C35H43F4N7O4S/c1-6-33(47)45-15-11-23(16-22(45)2)41-24-17-30(42-27-12-14-44(3)21-26(27)36)34-43-28(31(46(34)20-24)19-35(37,38)39)8-7-13-40-29-10-9-25(51(5,48)49)18-32(29)50-4/h6,9-10,17-18,20,22-23,26-27,40-42H,1,11-16,19,21H2,2-5H3/t22-,23?,26+,27-/m1/s1. The van der Waals surface area contributed by atoms with E-state index >= 15 is 4.39 Å². The Hall–Kier alpha value is -4.49. The number of nitrogens with one attached hydrogen (secondary N) is 3. The summed E-state index contributed by atoms with van der Waals surface area (Å²) < 4.78 is 88.0. The van der Waals surface area contributed by atoms with Gasteiger partial charge in [-0.05, 0) is 63.4 Å². The SMILES string of the molecule is C=CC(=O)N1CCC(Nc2cc(N[C@@H]3CCN(C)C[C@@H]3F)c3nc(C#CCNc4ccc(S(C)(=O)=O)cc4OC)c(CC(F)(F)F)n3c2)C[C@H]1C. The van der Waals surface area contributed by atoms with Crippen molar-refractivity contribution in [3.63, 3.8) is 0 Å². The van der Waals surface area contributed by atoms with Gasteiger partial charge < -0.3 is 30.5 Å². The fraction of sp³-hybridized carbons (Fsp3) is 0.486. The van der Waals surface area contributed by atoms with Crippen LogP contribution >= 0.6 is 0 Å². The van der Waals surface area contributed by atoms with Crippen LogP contribution in [0.2, 0.25) is 0 Å². The molecule has 1 unspecified atom stereocenters. The van der Waals surface area contributed by atoms with Crippen molar-refractivity contribution in [1.82, 2.24) is 19.2 Å². The fourth-order valence-corrected chi connectivity index (χ4v) is 7.19. The number of carbonyl (C=O) groups is 1. The van der Waals surface area contributed by atoms with Crippen molar-refractivity contribution in [3.05, 3.63) is 54.5 Å². The van der Waals surface area contributed by atoms with Crippen LogP contribution in [0, 0.1) is 11.8 Å². The Morgan fingerprint density at radius 2 is 1.94 bits per heavy atom. The third-order valence-corrected chi connectivity index (χ3v) is 10.3. The zero-order chi connectivity index (χ0) is 37.1. The number of benzene rings is 1. The lowest BCUT2D eigenvalue weighted by Crippen LogP contribution is -2.47. The van der Waals surface area contributed by atoms with Gasteiger partial charge in [0.1, 0.15) is 17.6 Å². The van der Waals surface area contributed by atoms with Gasteiger partial charge in [0, 0.05) is 50.2 Å². The van der Waals surface area contributed by atoms with E-state index in [-0.39, 0.29) is 58.8 Å². The normalized spacial score (nSPS) is 21.5. The lowest BCUT2D eigenvalue weighted by atomic mass is 9.98. The summed E-state index contributed by atoms with van der Waals surface area (Å²) >= 11 is 0. The summed E-state index contributed by atoms with van der Waals surface area (Å²) in [6.07, 6.45) is -1.50. The van der Waals surface area contributed by atoms with Crippen LogP contribution in [0.3, 0.4) is 0 Å². The van der Waals surface area contributed by atoms with Gasteiger partial charge in [-0.15, -0.1) is 0 Å². The maximum absolute atomic E-state index is 15.2. The highest BCUT2D eigenvalue weighted by Crippen LogP contribution is 2.32. The first-order chi connectivity index (χ1) is 24.1. The predicted octanol–water partition coefficient (Wildman–Crippen LogP) is 4.75. The number of alkyl halides is 4. The number of fused-ring (bicyclic) bond motifs is 1. The number of pyridine rings is 1. The summed E-state index contributed by atoms with van der Waals surface area (Å²) in [5, 5.41) is 9.69. The molecular formula is C35H43F4N7O4S. The lowest BCUT2D eigenvalue weighted by molar-refractivity contribution is -0.129. The van der Waals surface area contributed by atoms with Crippen LogP contribution in [0.4, 0.5) is 34.6 Å². The van der Waals surface area contributed by atoms with Crippen LogP contribution < -0.4 is 20.7 Å². The Labute approximate surface area is 295 Å². The largest absolute Gasteiger partial charge is 0.495 e. The van der Waals surface area contributed by atoms with Gasteiger partial charge in [-0.2, -0.15) is 13.2 Å². The molecule has 16 heteroatoms. The first kappa shape index (κ1) is 37.8. The second-order valence-corrected chi connectivity index (χ2v) is 15.1. The number of sulfone groups is 1. The van der Waals surface area contributed by atoms with E-state index < -0.39 is 34.6 Å². The molecule has 2 aliphatic heterocycles. The lowest BCUT2D eigenvalue weighted by Gasteiger charge is -2.38. The van der Waals surface area contributed by atoms with E-state index in [2.05, 4.69) is 39.4 Å². The predicted molar refractivity (Wildman–Crippen MR) is 189 cm³/mol. The van der Waals surface area contributed by atoms with Crippen molar-refractivity contribution in [1.29, 1.82) is 0 Å². The number of amides is 1. The topological polar surface area (TPSA) is 120 Å². The van der Waals surface area contributed by atoms with Crippen molar-refractivity contribution in [2.45, 2.75) is 68.0 Å². The second kappa shape index (κ2) is 15.4. The van der Waals surface area contributed by atoms with Crippen LogP contribution in [0.25, 0.3) is 5.65 Å². The van der Waals surface area contributed by atoms with Crippen LogP contribution in [0.5, 0.6) is 5.75 Å². The molecule has 0 radical (unpaired) electrons. The number of anilines is 3. The molecular weight excluding hydrogens is 690 g/mol. The van der Waals surface area contributed by atoms with E-state index in [9.17, 15) is 26.4 Å². The van der Waals surface area contributed by atoms with Gasteiger partial charge in [0.05, 0.1) is 53.8 Å². The molecule has 2 fully saturated rings. The molecule has 2 aliphatic rings. The number of likely N-dealkylation sites (tertiary alicyclic amines) is 2. The van der Waals surface area contributed by atoms with E-state index in [0.29, 0.717) is 49.4 Å². The van der Waals surface area contributed by atoms with E-state index in [1.165, 1.54) is 35.8 Å². The fourth-order valence-electron chi connectivity index (χ4n) is 6.55. The molecule has 51 heavy (non-hydrogen) atoms. The smallest absolute Gasteiger partial charge is 0.394 e. The van der Waals surface area contributed by atoms with Crippen LogP contribution in [0.1, 0.15) is 37.6 Å². The molecule has 2 saturated heterocycles. The molecule has 1 aromatic carbocycles. The van der Waals surface area contributed by atoms with Gasteiger partial charge in [-0.3, -0.25) is 9.20 Å². The Bertz CT molecular complexity index is 1940. The zero-order valence-corrected chi connectivity index (χ0v) is 29.8. The zero-order valence-electron chi connectivity index (χ0n) is 29.0. The minimum atomic E-state index is -4.59. The number of imidazole rings is 1. The highest BCUT2D eigenvalue weighted by atomic mass is 32.2. The number of hydrogen-bond acceptors (Lipinski definition) is 9. The summed E-state index contributed by atoms with van der Waals surface area (Å²) in [6, 6.07) is 5.28. The number of ether oxygens (including phenoxy) is 1. The molecule has 3 aromatic rings. The summed E-state index contributed by atoms with van der Waals surface area (Å²) in [4.78, 5) is 20.5. The highest BCUT2D eigenvalue weighted by Gasteiger charge is 2.34. The van der Waals surface area contributed by atoms with E-state index in [0.717, 1.165) is 6.26 Å². The molecule has 0 aliphatic carbocycles. The molecule has 5 rings (SSSR count). The van der Waals surface area contributed by atoms with Gasteiger partial charge in [0.15, 0.2) is 15.5 Å². The molecule has 0 spiro atoms. The summed E-state index contributed by atoms with van der Waals surface area (Å²) in [5.74, 6) is 5.72. The quantitative estimate of drug-likeness (QED) is 0.154. The van der Waals surface area contributed by atoms with Gasteiger partial charge in [0.25, 0.3) is 0 Å². The van der Waals surface area contributed by atoms with E-state index in [1.807, 2.05) is 18.9 Å². The van der Waals surface area contributed by atoms with Crippen LogP contribution in [-0.2, 0) is 21.1 Å². The minimum absolute atomic E-state index is 0.0177. The molecule has 276 valence electrons. The number of aromatic nitrogens is 2. The van der Waals surface area contributed by atoms with E-state index in [4.69, 9.17) is 4.74 Å². The number of halogens is 4. The van der Waals surface area contributed by atoms with Gasteiger partial charge in [-0.25, -0.2) is 17.8 Å². The number of methoxy groups -OCH3 is 1. The maximum atomic E-state index is 15.2. The van der Waals surface area contributed by atoms with Gasteiger partial charge in [0.2, 0.25) is 5.91 Å². The summed E-state index contributed by atoms with van der Waals surface area (Å²) in [5.41, 5.74) is 1.25. The Balaban J connectivity index is 1.49. The molecule has 11 nitrogen and oxygen atoms in total. The molecule has 0 saturated carbocycles. The molecule has 4 atom stereocenters. The molecule has 4 heterocycles. The van der Waals surface area contributed by atoms with Crippen molar-refractivity contribution >= 4 is 38.5 Å². The van der Waals surface area contributed by atoms with Crippen molar-refractivity contribution in [2.75, 3.05) is 62.5 Å². The molecule has 2 aromatic heterocycles. The van der Waals surface area contributed by atoms with Gasteiger partial charge in [-0.1, -0.05) is 12.5 Å². The Kier molecular flexibility index (Phi) is 11.4. The van der Waals surface area contributed by atoms with E-state index in [1.54, 1.807) is 17.2 Å². The average Bonchev–Trinajstić information content (AvgIpc) is 3.39. The number of hydrogen-bond donors (Lipinski definition) is 3. The van der Waals surface area contributed by atoms with Crippen molar-refractivity contribution in [3.8, 4) is 17.6 Å². The molecule has 1 amide bonds. The number of nitrogens with zero attached hydrogens (tertiary/aromatic N) is 4. The average molecular weight is 734 g/mol. The third kappa shape index (κ3) is 9.25. The summed E-state index contributed by atoms with van der Waals surface area (Å²) in [6.45, 7) is 6.84. The first-order valence-electron chi connectivity index (χ1n) is 16.6. The summed E-state index contributed by atoms with van der Waals surface area (Å²) in [7, 11) is -0.255. The molecule has 0 bridgehead atoms. The Morgan fingerprint density at radius 1 is 1.18 bits per heavy atom. The monoisotopic (exact) mass is 733 g/mol. The van der Waals surface area contributed by atoms with Crippen molar-refractivity contribution < 1.29 is 35.5 Å². The van der Waals surface area contributed by atoms with Crippen LogP contribution in [-0.4, -0.2) is 111 Å². The Morgan fingerprint density at radius 3 is 2.59 bits per heavy atom. The second-order valence-electron chi connectivity index (χ2n) is 13.1. The molecule has 3 N–H and O–H groups in total. The highest BCUT2D eigenvalue weighted by molar-refractivity contribution is 7.90. The van der Waals surface area contributed by atoms with Crippen molar-refractivity contribution in [2.24, 2.45) is 0 Å². The van der Waals surface area contributed by atoms with Crippen LogP contribution in [0.15, 0.2) is 48.0 Å². The third-order valence-electron chi connectivity index (χ3n) is 9.15. The number of rotatable bonds is 10. The van der Waals surface area contributed by atoms with Gasteiger partial charge >= 0.3 is 6.18 Å².